The number of anilines is 1. The van der Waals surface area contributed by atoms with Crippen LogP contribution in [0.3, 0.4) is 0 Å². The molecule has 9 aliphatic rings. The number of Topliss-reactive ketones (excluding diaryl/α,β-unsaturated/α-hetero) is 2. The predicted octanol–water partition coefficient (Wildman–Crippen LogP) is 11.1. The Morgan fingerprint density at radius 1 is 0.723 bits per heavy atom. The number of aliphatic hydroxyl groups is 5. The molecular weight excluding hydrogens is 1260 g/mol. The number of methoxy groups -OCH3 is 1. The first kappa shape index (κ1) is 68.2. The van der Waals surface area contributed by atoms with Crippen LogP contribution >= 0.6 is 0 Å². The van der Waals surface area contributed by atoms with Gasteiger partial charge in [0.1, 0.15) is 17.3 Å². The number of carbonyl (C=O) groups excluding carboxylic acids is 2. The first-order valence-electron chi connectivity index (χ1n) is 37.0. The second kappa shape index (κ2) is 29.1. The number of allylic oxidation sites excluding steroid dienone is 4. The summed E-state index contributed by atoms with van der Waals surface area (Å²) in [4.78, 5) is 34.5. The van der Waals surface area contributed by atoms with Crippen molar-refractivity contribution in [3.63, 3.8) is 0 Å². The van der Waals surface area contributed by atoms with Crippen LogP contribution in [0.15, 0.2) is 138 Å². The molecule has 15 nitrogen and oxygen atoms in total. The van der Waals surface area contributed by atoms with Crippen LogP contribution in [0.2, 0.25) is 0 Å². The molecule has 12 N–H and O–H groups in total. The quantitative estimate of drug-likeness (QED) is 0.0339. The lowest BCUT2D eigenvalue weighted by Gasteiger charge is -2.42. The molecule has 3 heterocycles. The summed E-state index contributed by atoms with van der Waals surface area (Å²) in [6, 6.07) is 30.6. The number of β-amino-alcohol motifs (C(OH)–C–C–N with tert-alkyl or cyclic N) is 1. The van der Waals surface area contributed by atoms with Crippen molar-refractivity contribution in [3.8, 4) is 58.5 Å². The number of aryl methyl sites for hydroxylation is 1. The summed E-state index contributed by atoms with van der Waals surface area (Å²) in [5.74, 6) is 18.3. The van der Waals surface area contributed by atoms with Gasteiger partial charge in [0.25, 0.3) is 0 Å². The number of hydrogen-bond acceptors (Lipinski definition) is 14. The number of aromatic amines is 1. The number of phenols is 3. The van der Waals surface area contributed by atoms with Gasteiger partial charge in [0.15, 0.2) is 35.5 Å². The molecule has 0 radical (unpaired) electrons. The highest BCUT2D eigenvalue weighted by atomic mass is 16.5. The molecule has 2 aliphatic heterocycles. The van der Waals surface area contributed by atoms with Crippen LogP contribution < -0.4 is 20.7 Å². The van der Waals surface area contributed by atoms with E-state index >= 15 is 4.79 Å². The zero-order chi connectivity index (χ0) is 69.7. The lowest BCUT2D eigenvalue weighted by atomic mass is 9.63. The molecule has 15 heteroatoms. The van der Waals surface area contributed by atoms with Crippen molar-refractivity contribution in [2.75, 3.05) is 32.1 Å². The van der Waals surface area contributed by atoms with Crippen LogP contribution in [0.25, 0.3) is 10.8 Å². The molecule has 17 bridgehead atoms. The standard InChI is InChI=1S/C86H94N4O11/c1-47-44-87-46-64(92)37-56-17-15-51-18-22-61(41-76(51)82(56)96)90-85-71-25-19-50-14-16-53-29-49(31-72(50)53)13-23-67(79(94)42-62-36-60(47)45-89-62)59-35-57-34-54-20-24-69(74-43-80(95)81(101-2)40-55(74)21-26-78(93)84(98)83(97)75(54)38-59)68-11-4-3-10-65(68)58-33-52(8-6-12-66(57)70(71)27-28-88-85)73(77(39-58)86(99)100)32-48-7-5-9-63(91)30-48/h3-5,7,9-11,14-18,22,27,30,36,40-41,43,45,47,49-50,52-54,57-59,64,66-67,69,72-73,75,77,79,84,86-92,94-96,98-100H,12-13,21,23,26,28-29,31-35,37-39,42,44,46H2,1-2H3. The lowest BCUT2D eigenvalue weighted by Crippen LogP contribution is -2.40. The molecule has 19 unspecified atom stereocenters. The van der Waals surface area contributed by atoms with Gasteiger partial charge in [-0.15, -0.1) is 5.92 Å². The molecule has 3 saturated carbocycles. The number of hydrogen-bond donors (Lipinski definition) is 12. The summed E-state index contributed by atoms with van der Waals surface area (Å²) in [5.41, 5.74) is 8.85. The number of fused-ring (bicyclic) bond motifs is 13. The molecule has 0 saturated heterocycles. The first-order valence-corrected chi connectivity index (χ1v) is 37.0. The molecule has 524 valence electrons. The van der Waals surface area contributed by atoms with Crippen molar-refractivity contribution in [1.82, 2.24) is 15.6 Å². The van der Waals surface area contributed by atoms with Crippen LogP contribution in [0, 0.1) is 112 Å². The molecule has 3 fully saturated rings. The van der Waals surface area contributed by atoms with Crippen LogP contribution in [0.5, 0.6) is 23.0 Å². The maximum Gasteiger partial charge on any atom is 0.173 e. The molecule has 19 atom stereocenters. The normalized spacial score (nSPS) is 32.5. The summed E-state index contributed by atoms with van der Waals surface area (Å²) in [5, 5.41) is 108. The number of nitrogens with one attached hydrogen (secondary N) is 4. The fraction of sp³-hybridized carbons (Fsp3) is 0.465. The van der Waals surface area contributed by atoms with E-state index in [1.807, 2.05) is 60.8 Å². The number of benzene rings is 5. The fourth-order valence-corrected chi connectivity index (χ4v) is 19.7. The summed E-state index contributed by atoms with van der Waals surface area (Å²) < 4.78 is 5.74. The number of aromatic hydroxyl groups is 3. The van der Waals surface area contributed by atoms with E-state index in [0.717, 1.165) is 63.7 Å². The average Bonchev–Trinajstić information content (AvgIpc) is 1.58. The summed E-state index contributed by atoms with van der Waals surface area (Å²) in [6.45, 7) is 3.40. The monoisotopic (exact) mass is 1360 g/mol. The number of aliphatic hydroxyl groups excluding tert-OH is 4. The van der Waals surface area contributed by atoms with Crippen molar-refractivity contribution in [3.05, 3.63) is 183 Å². The Labute approximate surface area is 592 Å². The maximum absolute atomic E-state index is 16.0. The number of dihydropyridines is 1. The number of phenolic OH excluding ortho intramolecular Hbond substituents is 3. The van der Waals surface area contributed by atoms with E-state index in [2.05, 4.69) is 99.8 Å². The highest BCUT2D eigenvalue weighted by Gasteiger charge is 2.48. The Morgan fingerprint density at radius 3 is 2.42 bits per heavy atom. The van der Waals surface area contributed by atoms with Crippen molar-refractivity contribution in [2.45, 2.75) is 146 Å². The molecule has 101 heavy (non-hydrogen) atoms. The van der Waals surface area contributed by atoms with Gasteiger partial charge < -0.3 is 66.5 Å². The largest absolute Gasteiger partial charge is 0.508 e. The van der Waals surface area contributed by atoms with Crippen LogP contribution in [-0.4, -0.2) is 109 Å². The van der Waals surface area contributed by atoms with E-state index in [-0.39, 0.29) is 90.1 Å². The van der Waals surface area contributed by atoms with Gasteiger partial charge in [-0.25, -0.2) is 0 Å². The van der Waals surface area contributed by atoms with E-state index in [4.69, 9.17) is 4.74 Å². The van der Waals surface area contributed by atoms with Gasteiger partial charge in [0, 0.05) is 97.9 Å². The molecule has 0 amide bonds. The van der Waals surface area contributed by atoms with Crippen LogP contribution in [-0.2, 0) is 35.3 Å². The van der Waals surface area contributed by atoms with Crippen molar-refractivity contribution in [2.24, 2.45) is 76.9 Å². The summed E-state index contributed by atoms with van der Waals surface area (Å²) in [6.07, 6.45) is 10.2. The Hall–Kier alpha value is -8.56. The average molecular weight is 1360 g/mol. The van der Waals surface area contributed by atoms with Gasteiger partial charge in [-0.1, -0.05) is 116 Å². The number of rotatable bonds is 4. The fourth-order valence-electron chi connectivity index (χ4n) is 19.7. The second-order valence-corrected chi connectivity index (χ2v) is 31.0. The number of aromatic nitrogens is 1. The maximum atomic E-state index is 16.0. The van der Waals surface area contributed by atoms with Gasteiger partial charge in [-0.2, -0.15) is 0 Å². The SMILES string of the molecule is COc1cc2c(cc1O)C1C#CC3CC4CC(CC3C(=O)C(O)C(=O)CC2)C2CCC3CC5C=CC(C#CC6=C(NCC=C6C4CC#CC4CC(CC(C(O)O)C4Cc4cccc(O)c4)c4ccccc41)Nc1ccc4ccc(c(O)c4c1)CC(O)CNCC(C)c1c[nH]c(c1)CC2O)C5C3. The van der Waals surface area contributed by atoms with E-state index in [1.54, 1.807) is 24.3 Å². The number of H-pyrrole nitrogens is 1. The van der Waals surface area contributed by atoms with Crippen LogP contribution in [0.4, 0.5) is 5.69 Å². The predicted molar refractivity (Wildman–Crippen MR) is 388 cm³/mol. The number of carbonyl (C=O) groups is 2. The van der Waals surface area contributed by atoms with Gasteiger partial charge in [-0.3, -0.25) is 9.59 Å². The van der Waals surface area contributed by atoms with E-state index < -0.39 is 71.7 Å². The van der Waals surface area contributed by atoms with Crippen molar-refractivity contribution >= 4 is 28.0 Å². The third-order valence-corrected chi connectivity index (χ3v) is 24.9. The third-order valence-electron chi connectivity index (χ3n) is 24.9. The Morgan fingerprint density at radius 2 is 1.57 bits per heavy atom. The highest BCUT2D eigenvalue weighted by Crippen LogP contribution is 2.54. The van der Waals surface area contributed by atoms with Crippen LogP contribution in [0.1, 0.15) is 140 Å². The molecule has 6 aromatic rings. The van der Waals surface area contributed by atoms with Gasteiger partial charge in [0.2, 0.25) is 0 Å². The Balaban J connectivity index is 0.981. The van der Waals surface area contributed by atoms with Gasteiger partial charge in [0.05, 0.1) is 30.8 Å². The number of ketones is 2. The minimum atomic E-state index is -1.96. The lowest BCUT2D eigenvalue weighted by molar-refractivity contribution is -0.142. The van der Waals surface area contributed by atoms with E-state index in [0.29, 0.717) is 122 Å². The Bertz CT molecular complexity index is 4450. The van der Waals surface area contributed by atoms with E-state index in [9.17, 15) is 45.6 Å². The zero-order valence-electron chi connectivity index (χ0n) is 57.6. The summed E-state index contributed by atoms with van der Waals surface area (Å²) in [7, 11) is 1.47. The second-order valence-electron chi connectivity index (χ2n) is 31.0. The molecule has 7 aliphatic carbocycles. The molecular formula is C86H94N4O11. The molecule has 0 spiro atoms. The minimum Gasteiger partial charge on any atom is -0.508 e. The smallest absolute Gasteiger partial charge is 0.173 e. The van der Waals surface area contributed by atoms with Gasteiger partial charge in [-0.05, 0) is 216 Å². The number of ether oxygens (including phenoxy) is 1. The topological polar surface area (TPSA) is 257 Å². The third kappa shape index (κ3) is 14.0. The molecule has 15 rings (SSSR count). The van der Waals surface area contributed by atoms with Gasteiger partial charge >= 0.3 is 0 Å². The van der Waals surface area contributed by atoms with E-state index in [1.165, 1.54) is 7.11 Å². The Kier molecular flexibility index (Phi) is 19.6. The molecule has 5 aromatic carbocycles. The highest BCUT2D eigenvalue weighted by molar-refractivity contribution is 6.06. The summed E-state index contributed by atoms with van der Waals surface area (Å²) >= 11 is 0. The van der Waals surface area contributed by atoms with Crippen molar-refractivity contribution < 1.29 is 55.2 Å². The first-order chi connectivity index (χ1) is 49.0. The molecule has 1 aromatic heterocycles. The minimum absolute atomic E-state index is 0.0289. The zero-order valence-corrected chi connectivity index (χ0v) is 57.6. The van der Waals surface area contributed by atoms with Crippen molar-refractivity contribution in [1.29, 1.82) is 0 Å².